The van der Waals surface area contributed by atoms with Gasteiger partial charge in [-0.2, -0.15) is 5.10 Å². The lowest BCUT2D eigenvalue weighted by Crippen LogP contribution is -2.49. The van der Waals surface area contributed by atoms with E-state index >= 15 is 0 Å². The number of hydrogen-bond acceptors (Lipinski definition) is 7. The Morgan fingerprint density at radius 3 is 2.50 bits per heavy atom. The van der Waals surface area contributed by atoms with E-state index in [1.165, 1.54) is 11.3 Å². The number of piperazine rings is 1. The third-order valence-electron chi connectivity index (χ3n) is 6.79. The number of aromatic nitrogens is 4. The number of fused-ring (bicyclic) bond motifs is 1. The number of thiazole rings is 1. The molecule has 1 fully saturated rings. The molecule has 1 amide bonds. The number of likely N-dealkylation sites (N-methyl/N-ethyl adjacent to an activating group) is 1. The van der Waals surface area contributed by atoms with Gasteiger partial charge in [-0.25, -0.2) is 9.67 Å². The highest BCUT2D eigenvalue weighted by Crippen LogP contribution is 2.24. The third kappa shape index (κ3) is 4.42. The van der Waals surface area contributed by atoms with E-state index in [-0.39, 0.29) is 17.9 Å². The molecular formula is C26H30N6O3S. The topological polar surface area (TPSA) is 85.0 Å². The maximum Gasteiger partial charge on any atom is 0.268 e. The average molecular weight is 507 g/mol. The minimum Gasteiger partial charge on any atom is -0.497 e. The van der Waals surface area contributed by atoms with E-state index in [0.717, 1.165) is 36.8 Å². The van der Waals surface area contributed by atoms with Gasteiger partial charge in [-0.1, -0.05) is 6.92 Å². The summed E-state index contributed by atoms with van der Waals surface area (Å²) in [6.45, 7) is 10.1. The van der Waals surface area contributed by atoms with Gasteiger partial charge in [0.15, 0.2) is 4.96 Å². The van der Waals surface area contributed by atoms with Gasteiger partial charge >= 0.3 is 0 Å². The summed E-state index contributed by atoms with van der Waals surface area (Å²) in [6, 6.07) is 9.49. The molecule has 9 nitrogen and oxygen atoms in total. The van der Waals surface area contributed by atoms with Crippen molar-refractivity contribution in [1.82, 2.24) is 29.0 Å². The number of methoxy groups -OCH3 is 1. The van der Waals surface area contributed by atoms with Crippen molar-refractivity contribution in [1.29, 1.82) is 0 Å². The molecule has 4 heterocycles. The van der Waals surface area contributed by atoms with Crippen LogP contribution in [0.5, 0.6) is 5.75 Å². The molecule has 0 N–H and O–H groups in total. The Balaban J connectivity index is 1.48. The van der Waals surface area contributed by atoms with Crippen LogP contribution in [0.2, 0.25) is 0 Å². The fraction of sp³-hybridized carbons (Fsp3) is 0.385. The average Bonchev–Trinajstić information content (AvgIpc) is 3.47. The minimum atomic E-state index is -0.197. The Morgan fingerprint density at radius 1 is 1.11 bits per heavy atom. The van der Waals surface area contributed by atoms with Gasteiger partial charge in [-0.15, -0.1) is 11.3 Å². The summed E-state index contributed by atoms with van der Waals surface area (Å²) < 4.78 is 8.63. The van der Waals surface area contributed by atoms with Crippen molar-refractivity contribution in [3.05, 3.63) is 63.1 Å². The Labute approximate surface area is 213 Å². The Kier molecular flexibility index (Phi) is 6.63. The number of rotatable bonds is 6. The van der Waals surface area contributed by atoms with Crippen LogP contribution >= 0.6 is 11.3 Å². The molecule has 0 aliphatic carbocycles. The zero-order valence-electron chi connectivity index (χ0n) is 21.0. The van der Waals surface area contributed by atoms with Crippen LogP contribution in [-0.4, -0.2) is 74.7 Å². The first kappa shape index (κ1) is 24.2. The van der Waals surface area contributed by atoms with E-state index in [2.05, 4.69) is 11.8 Å². The van der Waals surface area contributed by atoms with Crippen LogP contribution in [0.25, 0.3) is 21.9 Å². The number of hydrogen-bond donors (Lipinski definition) is 0. The Hall–Kier alpha value is -3.50. The van der Waals surface area contributed by atoms with Crippen molar-refractivity contribution in [2.45, 2.75) is 27.2 Å². The van der Waals surface area contributed by atoms with Gasteiger partial charge in [0.2, 0.25) is 5.91 Å². The SMILES string of the molecule is CCN1CCN(C(=O)Cc2csc3nc(C)c(-c4cc(C)n(-c5ccc(OC)cc5)n4)c(=O)n23)CC1. The second-order valence-electron chi connectivity index (χ2n) is 9.00. The molecule has 3 aromatic heterocycles. The van der Waals surface area contributed by atoms with Crippen molar-refractivity contribution in [3.8, 4) is 22.7 Å². The standard InChI is InChI=1S/C26H30N6O3S/c1-5-29-10-12-30(13-11-29)23(33)15-20-16-36-26-27-18(3)24(25(34)31(20)26)22-14-17(2)32(28-22)19-6-8-21(35-4)9-7-19/h6-9,14,16H,5,10-13,15H2,1-4H3. The first-order valence-corrected chi connectivity index (χ1v) is 13.0. The zero-order valence-corrected chi connectivity index (χ0v) is 21.8. The van der Waals surface area contributed by atoms with Crippen LogP contribution in [0.3, 0.4) is 0 Å². The molecule has 0 atom stereocenters. The molecule has 188 valence electrons. The highest BCUT2D eigenvalue weighted by atomic mass is 32.1. The molecule has 0 spiro atoms. The molecule has 1 aliphatic heterocycles. The second-order valence-corrected chi connectivity index (χ2v) is 9.83. The summed E-state index contributed by atoms with van der Waals surface area (Å²) in [4.78, 5) is 36.3. The minimum absolute atomic E-state index is 0.0408. The molecule has 1 aliphatic rings. The highest BCUT2D eigenvalue weighted by Gasteiger charge is 2.23. The van der Waals surface area contributed by atoms with Gasteiger partial charge in [0.25, 0.3) is 5.56 Å². The van der Waals surface area contributed by atoms with Crippen LogP contribution in [-0.2, 0) is 11.2 Å². The molecule has 1 saturated heterocycles. The van der Waals surface area contributed by atoms with E-state index in [1.807, 2.05) is 54.5 Å². The van der Waals surface area contributed by atoms with E-state index in [9.17, 15) is 9.59 Å². The van der Waals surface area contributed by atoms with Crippen LogP contribution < -0.4 is 10.3 Å². The third-order valence-corrected chi connectivity index (χ3v) is 7.66. The van der Waals surface area contributed by atoms with Crippen LogP contribution in [0.4, 0.5) is 0 Å². The van der Waals surface area contributed by atoms with Crippen molar-refractivity contribution in [2.75, 3.05) is 39.8 Å². The molecule has 0 radical (unpaired) electrons. The number of nitrogens with zero attached hydrogens (tertiary/aromatic N) is 6. The fourth-order valence-corrected chi connectivity index (χ4v) is 5.61. The number of aryl methyl sites for hydroxylation is 2. The molecule has 5 rings (SSSR count). The van der Waals surface area contributed by atoms with Gasteiger partial charge in [-0.05, 0) is 50.7 Å². The molecule has 0 unspecified atom stereocenters. The summed E-state index contributed by atoms with van der Waals surface area (Å²) in [5, 5.41) is 6.61. The first-order valence-electron chi connectivity index (χ1n) is 12.1. The van der Waals surface area contributed by atoms with Gasteiger partial charge < -0.3 is 14.5 Å². The monoisotopic (exact) mass is 506 g/mol. The molecule has 0 bridgehead atoms. The predicted molar refractivity (Wildman–Crippen MR) is 140 cm³/mol. The normalized spacial score (nSPS) is 14.5. The van der Waals surface area contributed by atoms with Crippen LogP contribution in [0.15, 0.2) is 40.5 Å². The first-order chi connectivity index (χ1) is 17.4. The van der Waals surface area contributed by atoms with Gasteiger partial charge in [0, 0.05) is 42.9 Å². The molecule has 36 heavy (non-hydrogen) atoms. The van der Waals surface area contributed by atoms with Gasteiger partial charge in [0.05, 0.1) is 30.5 Å². The number of amides is 1. The summed E-state index contributed by atoms with van der Waals surface area (Å²) in [5.74, 6) is 0.804. The van der Waals surface area contributed by atoms with E-state index in [1.54, 1.807) is 16.2 Å². The lowest BCUT2D eigenvalue weighted by Gasteiger charge is -2.34. The summed E-state index contributed by atoms with van der Waals surface area (Å²) in [7, 11) is 1.63. The maximum absolute atomic E-state index is 13.7. The van der Waals surface area contributed by atoms with E-state index in [0.29, 0.717) is 40.7 Å². The fourth-order valence-electron chi connectivity index (χ4n) is 4.69. The highest BCUT2D eigenvalue weighted by molar-refractivity contribution is 7.15. The molecule has 1 aromatic carbocycles. The number of benzene rings is 1. The van der Waals surface area contributed by atoms with E-state index in [4.69, 9.17) is 14.8 Å². The lowest BCUT2D eigenvalue weighted by atomic mass is 10.1. The van der Waals surface area contributed by atoms with Crippen LogP contribution in [0.1, 0.15) is 24.0 Å². The maximum atomic E-state index is 13.7. The molecule has 10 heteroatoms. The Bertz CT molecular complexity index is 1460. The zero-order chi connectivity index (χ0) is 25.4. The Morgan fingerprint density at radius 2 is 1.83 bits per heavy atom. The van der Waals surface area contributed by atoms with Crippen LogP contribution in [0, 0.1) is 13.8 Å². The van der Waals surface area contributed by atoms with Crippen molar-refractivity contribution < 1.29 is 9.53 Å². The van der Waals surface area contributed by atoms with Gasteiger partial charge in [-0.3, -0.25) is 14.0 Å². The van der Waals surface area contributed by atoms with Gasteiger partial charge in [0.1, 0.15) is 11.4 Å². The molecular weight excluding hydrogens is 476 g/mol. The molecule has 0 saturated carbocycles. The van der Waals surface area contributed by atoms with Crippen molar-refractivity contribution in [3.63, 3.8) is 0 Å². The van der Waals surface area contributed by atoms with E-state index < -0.39 is 0 Å². The van der Waals surface area contributed by atoms with Crippen molar-refractivity contribution in [2.24, 2.45) is 0 Å². The predicted octanol–water partition coefficient (Wildman–Crippen LogP) is 2.94. The largest absolute Gasteiger partial charge is 0.497 e. The number of carbonyl (C=O) groups excluding carboxylic acids is 1. The number of carbonyl (C=O) groups is 1. The summed E-state index contributed by atoms with van der Waals surface area (Å²) >= 11 is 1.38. The summed E-state index contributed by atoms with van der Waals surface area (Å²) in [5.41, 5.74) is 3.87. The quantitative estimate of drug-likeness (QED) is 0.400. The lowest BCUT2D eigenvalue weighted by molar-refractivity contribution is -0.132. The summed E-state index contributed by atoms with van der Waals surface area (Å²) in [6.07, 6.45) is 0.176. The smallest absolute Gasteiger partial charge is 0.268 e. The number of ether oxygens (including phenoxy) is 1. The molecule has 4 aromatic rings. The second kappa shape index (κ2) is 9.87. The van der Waals surface area contributed by atoms with Crippen molar-refractivity contribution >= 4 is 22.2 Å².